The topological polar surface area (TPSA) is 52.4 Å². The molecule has 0 unspecified atom stereocenters. The Kier molecular flexibility index (Phi) is 4.90. The van der Waals surface area contributed by atoms with Gasteiger partial charge in [-0.25, -0.2) is 0 Å². The molecule has 0 bridgehead atoms. The summed E-state index contributed by atoms with van der Waals surface area (Å²) in [5.41, 5.74) is 2.46. The van der Waals surface area contributed by atoms with Crippen LogP contribution in [0.2, 0.25) is 0 Å². The third-order valence-electron chi connectivity index (χ3n) is 3.78. The van der Waals surface area contributed by atoms with E-state index in [1.165, 1.54) is 5.57 Å². The Morgan fingerprint density at radius 3 is 2.65 bits per heavy atom. The largest absolute Gasteiger partial charge is 0.370 e. The molecule has 1 aliphatic rings. The van der Waals surface area contributed by atoms with Crippen LogP contribution in [0.15, 0.2) is 35.9 Å². The highest BCUT2D eigenvalue weighted by Gasteiger charge is 2.20. The van der Waals surface area contributed by atoms with Crippen molar-refractivity contribution in [3.63, 3.8) is 0 Å². The summed E-state index contributed by atoms with van der Waals surface area (Å²) >= 11 is 0. The van der Waals surface area contributed by atoms with Gasteiger partial charge in [0.25, 0.3) is 5.69 Å². The maximum atomic E-state index is 10.7. The van der Waals surface area contributed by atoms with E-state index in [9.17, 15) is 10.1 Å². The van der Waals surface area contributed by atoms with Crippen molar-refractivity contribution in [1.29, 1.82) is 0 Å². The van der Waals surface area contributed by atoms with E-state index in [2.05, 4.69) is 19.9 Å². The minimum Gasteiger partial charge on any atom is -0.370 e. The lowest BCUT2D eigenvalue weighted by atomic mass is 9.98. The van der Waals surface area contributed by atoms with Crippen LogP contribution in [-0.4, -0.2) is 11.0 Å². The number of hydrogen-bond acceptors (Lipinski definition) is 3. The van der Waals surface area contributed by atoms with Gasteiger partial charge in [-0.3, -0.25) is 10.1 Å². The number of non-ortho nitro benzene ring substituents is 1. The Hall–Kier alpha value is -1.68. The van der Waals surface area contributed by atoms with Crippen LogP contribution in [0.3, 0.4) is 0 Å². The molecule has 2 atom stereocenters. The Balaban J connectivity index is 2.20. The van der Waals surface area contributed by atoms with Gasteiger partial charge < -0.3 is 4.74 Å². The summed E-state index contributed by atoms with van der Waals surface area (Å²) in [7, 11) is 0. The minimum absolute atomic E-state index is 0.00250. The third-order valence-corrected chi connectivity index (χ3v) is 3.78. The summed E-state index contributed by atoms with van der Waals surface area (Å²) in [6, 6.07) is 6.73. The number of allylic oxidation sites excluding steroid dienone is 1. The fraction of sp³-hybridized carbons (Fsp3) is 0.500. The fourth-order valence-corrected chi connectivity index (χ4v) is 2.55. The van der Waals surface area contributed by atoms with Gasteiger partial charge in [0.2, 0.25) is 0 Å². The minimum atomic E-state index is -0.372. The van der Waals surface area contributed by atoms with E-state index >= 15 is 0 Å². The number of nitrogens with zero attached hydrogens (tertiary/aromatic N) is 1. The smallest absolute Gasteiger partial charge is 0.269 e. The molecular formula is C16H21NO3. The predicted molar refractivity (Wildman–Crippen MR) is 78.6 cm³/mol. The summed E-state index contributed by atoms with van der Waals surface area (Å²) in [6.45, 7) is 4.25. The fourth-order valence-electron chi connectivity index (χ4n) is 2.55. The Bertz CT molecular complexity index is 493. The lowest BCUT2D eigenvalue weighted by Crippen LogP contribution is -2.18. The quantitative estimate of drug-likeness (QED) is 0.461. The molecule has 0 saturated carbocycles. The lowest BCUT2D eigenvalue weighted by Gasteiger charge is -2.27. The first-order valence-electron chi connectivity index (χ1n) is 7.15. The summed E-state index contributed by atoms with van der Waals surface area (Å²) in [4.78, 5) is 10.3. The van der Waals surface area contributed by atoms with E-state index in [1.807, 2.05) is 12.1 Å². The first-order valence-corrected chi connectivity index (χ1v) is 7.15. The van der Waals surface area contributed by atoms with Gasteiger partial charge in [-0.1, -0.05) is 18.6 Å². The van der Waals surface area contributed by atoms with Crippen LogP contribution < -0.4 is 0 Å². The molecule has 0 radical (unpaired) electrons. The summed E-state index contributed by atoms with van der Waals surface area (Å²) in [5.74, 6) is 0. The first-order chi connectivity index (χ1) is 9.60. The van der Waals surface area contributed by atoms with Crippen molar-refractivity contribution in [2.45, 2.75) is 51.7 Å². The van der Waals surface area contributed by atoms with Crippen LogP contribution >= 0.6 is 0 Å². The molecule has 0 aromatic heterocycles. The van der Waals surface area contributed by atoms with Crippen molar-refractivity contribution in [2.75, 3.05) is 0 Å². The molecular weight excluding hydrogens is 254 g/mol. The van der Waals surface area contributed by atoms with Crippen LogP contribution in [-0.2, 0) is 4.74 Å². The average molecular weight is 275 g/mol. The van der Waals surface area contributed by atoms with Gasteiger partial charge in [-0.05, 0) is 50.3 Å². The highest BCUT2D eigenvalue weighted by atomic mass is 16.6. The molecule has 20 heavy (non-hydrogen) atoms. The zero-order valence-electron chi connectivity index (χ0n) is 12.0. The van der Waals surface area contributed by atoms with Gasteiger partial charge >= 0.3 is 0 Å². The number of ether oxygens (including phenoxy) is 1. The molecule has 0 N–H and O–H groups in total. The maximum Gasteiger partial charge on any atom is 0.269 e. The van der Waals surface area contributed by atoms with Crippen LogP contribution in [0.4, 0.5) is 5.69 Å². The van der Waals surface area contributed by atoms with E-state index in [0.717, 1.165) is 31.2 Å². The second-order valence-corrected chi connectivity index (χ2v) is 5.34. The molecule has 1 aliphatic heterocycles. The van der Waals surface area contributed by atoms with E-state index in [4.69, 9.17) is 4.74 Å². The molecule has 1 heterocycles. The maximum absolute atomic E-state index is 10.7. The monoisotopic (exact) mass is 275 g/mol. The molecule has 1 aromatic carbocycles. The molecule has 0 aliphatic carbocycles. The second-order valence-electron chi connectivity index (χ2n) is 5.34. The molecule has 0 saturated heterocycles. The second kappa shape index (κ2) is 6.66. The van der Waals surface area contributed by atoms with Gasteiger partial charge in [0.05, 0.1) is 17.1 Å². The normalized spacial score (nSPS) is 26.2. The predicted octanol–water partition coefficient (Wildman–Crippen LogP) is 4.56. The zero-order valence-corrected chi connectivity index (χ0v) is 12.0. The van der Waals surface area contributed by atoms with Crippen molar-refractivity contribution < 1.29 is 9.66 Å². The SMILES string of the molecule is CC[C@H]1CC/C=C(/C)C[C@@H](c2ccc([N+](=O)[O-])cc2)O1. The van der Waals surface area contributed by atoms with Crippen molar-refractivity contribution >= 4 is 5.69 Å². The van der Waals surface area contributed by atoms with Crippen molar-refractivity contribution in [1.82, 2.24) is 0 Å². The highest BCUT2D eigenvalue weighted by molar-refractivity contribution is 5.34. The molecule has 2 rings (SSSR count). The van der Waals surface area contributed by atoms with Crippen LogP contribution in [0, 0.1) is 10.1 Å². The average Bonchev–Trinajstić information content (AvgIpc) is 2.42. The number of benzene rings is 1. The first kappa shape index (κ1) is 14.7. The van der Waals surface area contributed by atoms with E-state index in [1.54, 1.807) is 12.1 Å². The number of nitro benzene ring substituents is 1. The Morgan fingerprint density at radius 2 is 2.05 bits per heavy atom. The van der Waals surface area contributed by atoms with Gasteiger partial charge in [0, 0.05) is 12.1 Å². The summed E-state index contributed by atoms with van der Waals surface area (Å²) in [6.07, 6.45) is 6.50. The molecule has 4 heteroatoms. The van der Waals surface area contributed by atoms with E-state index in [0.29, 0.717) is 0 Å². The van der Waals surface area contributed by atoms with Gasteiger partial charge in [-0.15, -0.1) is 0 Å². The van der Waals surface area contributed by atoms with E-state index in [-0.39, 0.29) is 22.8 Å². The standard InChI is InChI=1S/C16H21NO3/c1-3-15-6-4-5-12(2)11-16(20-15)13-7-9-14(10-8-13)17(18)19/h5,7-10,15-16H,3-4,6,11H2,1-2H3/b12-5-/t15-,16-/m0/s1. The summed E-state index contributed by atoms with van der Waals surface area (Å²) in [5, 5.41) is 10.7. The summed E-state index contributed by atoms with van der Waals surface area (Å²) < 4.78 is 6.19. The van der Waals surface area contributed by atoms with Crippen molar-refractivity contribution in [2.24, 2.45) is 0 Å². The van der Waals surface area contributed by atoms with Crippen molar-refractivity contribution in [3.05, 3.63) is 51.6 Å². The lowest BCUT2D eigenvalue weighted by molar-refractivity contribution is -0.384. The van der Waals surface area contributed by atoms with E-state index < -0.39 is 0 Å². The molecule has 4 nitrogen and oxygen atoms in total. The molecule has 1 aromatic rings. The Morgan fingerprint density at radius 1 is 1.35 bits per heavy atom. The molecule has 0 amide bonds. The van der Waals surface area contributed by atoms with Gasteiger partial charge in [0.15, 0.2) is 0 Å². The van der Waals surface area contributed by atoms with Gasteiger partial charge in [-0.2, -0.15) is 0 Å². The van der Waals surface area contributed by atoms with Crippen LogP contribution in [0.1, 0.15) is 51.2 Å². The van der Waals surface area contributed by atoms with Crippen molar-refractivity contribution in [3.8, 4) is 0 Å². The molecule has 0 spiro atoms. The highest BCUT2D eigenvalue weighted by Crippen LogP contribution is 2.31. The number of nitro groups is 1. The van der Waals surface area contributed by atoms with Gasteiger partial charge in [0.1, 0.15) is 0 Å². The molecule has 108 valence electrons. The van der Waals surface area contributed by atoms with Crippen LogP contribution in [0.5, 0.6) is 0 Å². The zero-order chi connectivity index (χ0) is 14.5. The third kappa shape index (κ3) is 3.67. The Labute approximate surface area is 119 Å². The number of rotatable bonds is 3. The van der Waals surface area contributed by atoms with Crippen LogP contribution in [0.25, 0.3) is 0 Å². The number of hydrogen-bond donors (Lipinski definition) is 0. The molecule has 0 fully saturated rings.